The van der Waals surface area contributed by atoms with Gasteiger partial charge in [-0.3, -0.25) is 19.2 Å². The van der Waals surface area contributed by atoms with Crippen molar-refractivity contribution in [3.05, 3.63) is 162 Å². The maximum absolute atomic E-state index is 15.4. The predicted octanol–water partition coefficient (Wildman–Crippen LogP) is 7.89. The molecule has 6 aromatic rings. The van der Waals surface area contributed by atoms with Crippen molar-refractivity contribution < 1.29 is 28.9 Å². The van der Waals surface area contributed by atoms with Crippen LogP contribution < -0.4 is 19.3 Å². The third-order valence-corrected chi connectivity index (χ3v) is 12.6. The fraction of sp³-hybridized carbons (Fsp3) is 0.292. The number of aliphatic hydroxyl groups is 1. The molecule has 5 aromatic carbocycles. The lowest BCUT2D eigenvalue weighted by molar-refractivity contribution is -0.146. The van der Waals surface area contributed by atoms with E-state index in [0.29, 0.717) is 35.8 Å². The van der Waals surface area contributed by atoms with Crippen molar-refractivity contribution in [3.63, 3.8) is 0 Å². The Balaban J connectivity index is 1.05. The summed E-state index contributed by atoms with van der Waals surface area (Å²) in [5.74, 6) is 0.781. The molecule has 0 aliphatic carbocycles. The number of anilines is 3. The van der Waals surface area contributed by atoms with E-state index in [1.54, 1.807) is 22.9 Å². The highest BCUT2D eigenvalue weighted by molar-refractivity contribution is 6.08. The molecule has 3 aliphatic rings. The van der Waals surface area contributed by atoms with Crippen molar-refractivity contribution in [2.24, 2.45) is 11.8 Å². The number of aryl methyl sites for hydroxylation is 1. The van der Waals surface area contributed by atoms with Gasteiger partial charge in [0.2, 0.25) is 0 Å². The van der Waals surface area contributed by atoms with Gasteiger partial charge in [-0.15, -0.1) is 5.10 Å². The number of fused-ring (bicyclic) bond motifs is 3. The number of benzene rings is 5. The first-order valence-corrected chi connectivity index (χ1v) is 20.1. The molecule has 59 heavy (non-hydrogen) atoms. The Morgan fingerprint density at radius 2 is 1.63 bits per heavy atom. The number of carbonyl (C=O) groups excluding carboxylic acids is 2. The van der Waals surface area contributed by atoms with Crippen molar-refractivity contribution in [3.8, 4) is 11.5 Å². The predicted molar refractivity (Wildman–Crippen MR) is 224 cm³/mol. The number of carbonyl (C=O) groups is 2. The van der Waals surface area contributed by atoms with E-state index in [0.717, 1.165) is 33.7 Å². The van der Waals surface area contributed by atoms with E-state index in [2.05, 4.69) is 43.2 Å². The number of hydrogen-bond acceptors (Lipinski definition) is 8. The minimum Gasteiger partial charge on any atom is -0.497 e. The topological polar surface area (TPSA) is 119 Å². The minimum absolute atomic E-state index is 0.0557. The highest BCUT2D eigenvalue weighted by atomic mass is 16.5. The quantitative estimate of drug-likeness (QED) is 0.141. The van der Waals surface area contributed by atoms with Crippen LogP contribution in [0.15, 0.2) is 134 Å². The Bertz CT molecular complexity index is 2500. The first-order valence-electron chi connectivity index (χ1n) is 20.1. The zero-order chi connectivity index (χ0) is 40.9. The fourth-order valence-corrected chi connectivity index (χ4v) is 9.67. The number of para-hydroxylation sites is 3. The van der Waals surface area contributed by atoms with Crippen LogP contribution >= 0.6 is 0 Å². The van der Waals surface area contributed by atoms with Gasteiger partial charge in [-0.1, -0.05) is 111 Å². The largest absolute Gasteiger partial charge is 0.497 e. The van der Waals surface area contributed by atoms with Crippen LogP contribution in [0.4, 0.5) is 17.1 Å². The lowest BCUT2D eigenvalue weighted by atomic mass is 9.63. The van der Waals surface area contributed by atoms with Gasteiger partial charge in [0.25, 0.3) is 11.8 Å². The SMILES string of the molecule is COc1ccc(C(C)(C)[C@H]2[C@H](CCn3cc([C@H](O)c4ccccc4)nn3)O[C@@]3(C(=O)N(Cc4cccc(N5C(=O)COc6ccccc65)c4)c4ccccc43)[C@@H]2C)cc1. The molecular weight excluding hydrogens is 743 g/mol. The fourth-order valence-electron chi connectivity index (χ4n) is 9.67. The van der Waals surface area contributed by atoms with Crippen LogP contribution in [0.2, 0.25) is 0 Å². The molecule has 1 N–H and O–H groups in total. The molecule has 5 atom stereocenters. The Kier molecular flexibility index (Phi) is 9.81. The summed E-state index contributed by atoms with van der Waals surface area (Å²) in [6.45, 7) is 7.31. The first kappa shape index (κ1) is 38.2. The van der Waals surface area contributed by atoms with E-state index in [-0.39, 0.29) is 42.9 Å². The standard InChI is InChI=1S/C48H47N5O6/c1-31-44(47(2,3)34-21-23-36(57-4)24-22-34)42(25-26-51-29-38(49-50-51)45(55)33-14-6-5-7-15-33)59-48(31)37-17-8-9-18-39(37)52(46(48)56)28-32-13-12-16-35(27-32)53-40-19-10-11-20-41(40)58-30-43(53)54/h5-24,27,29,31,42,44-45,55H,25-26,28,30H2,1-4H3/t31-,42+,44-,45-,48+/m1/s1. The Hall–Kier alpha value is -6.30. The molecule has 1 saturated heterocycles. The monoisotopic (exact) mass is 789 g/mol. The second-order valence-electron chi connectivity index (χ2n) is 16.2. The van der Waals surface area contributed by atoms with E-state index in [1.807, 2.05) is 120 Å². The summed E-state index contributed by atoms with van der Waals surface area (Å²) in [5.41, 5.74) is 4.53. The molecule has 4 heterocycles. The molecule has 1 aromatic heterocycles. The van der Waals surface area contributed by atoms with Gasteiger partial charge in [-0.05, 0) is 71.0 Å². The molecule has 9 rings (SSSR count). The summed E-state index contributed by atoms with van der Waals surface area (Å²) in [4.78, 5) is 32.1. The lowest BCUT2D eigenvalue weighted by Gasteiger charge is -2.38. The maximum atomic E-state index is 15.4. The van der Waals surface area contributed by atoms with Crippen molar-refractivity contribution in [1.82, 2.24) is 15.0 Å². The van der Waals surface area contributed by atoms with Crippen LogP contribution in [0, 0.1) is 11.8 Å². The van der Waals surface area contributed by atoms with Gasteiger partial charge >= 0.3 is 0 Å². The third-order valence-electron chi connectivity index (χ3n) is 12.6. The molecule has 0 bridgehead atoms. The normalized spacial score (nSPS) is 21.7. The van der Waals surface area contributed by atoms with Gasteiger partial charge in [-0.25, -0.2) is 0 Å². The average Bonchev–Trinajstić information content (AvgIpc) is 3.93. The van der Waals surface area contributed by atoms with Crippen LogP contribution in [0.25, 0.3) is 0 Å². The van der Waals surface area contributed by atoms with Crippen LogP contribution in [0.3, 0.4) is 0 Å². The Morgan fingerprint density at radius 1 is 0.898 bits per heavy atom. The van der Waals surface area contributed by atoms with Gasteiger partial charge in [0, 0.05) is 29.6 Å². The average molecular weight is 790 g/mol. The molecular formula is C48H47N5O6. The number of methoxy groups -OCH3 is 1. The summed E-state index contributed by atoms with van der Waals surface area (Å²) in [5, 5.41) is 19.8. The Morgan fingerprint density at radius 3 is 2.41 bits per heavy atom. The summed E-state index contributed by atoms with van der Waals surface area (Å²) < 4.78 is 20.3. The van der Waals surface area contributed by atoms with Crippen LogP contribution in [-0.4, -0.2) is 51.7 Å². The van der Waals surface area contributed by atoms with E-state index in [1.165, 1.54) is 0 Å². The zero-order valence-electron chi connectivity index (χ0n) is 33.6. The van der Waals surface area contributed by atoms with E-state index >= 15 is 4.79 Å². The number of rotatable bonds is 11. The number of ether oxygens (including phenoxy) is 3. The number of amides is 2. The van der Waals surface area contributed by atoms with Gasteiger partial charge in [0.15, 0.2) is 12.2 Å². The highest BCUT2D eigenvalue weighted by Crippen LogP contribution is 2.60. The maximum Gasteiger partial charge on any atom is 0.269 e. The lowest BCUT2D eigenvalue weighted by Crippen LogP contribution is -2.45. The Labute approximate surface area is 343 Å². The molecule has 300 valence electrons. The molecule has 0 saturated carbocycles. The molecule has 1 fully saturated rings. The van der Waals surface area contributed by atoms with Gasteiger partial charge in [-0.2, -0.15) is 0 Å². The number of aromatic nitrogens is 3. The van der Waals surface area contributed by atoms with Crippen molar-refractivity contribution >= 4 is 28.9 Å². The van der Waals surface area contributed by atoms with Gasteiger partial charge < -0.3 is 24.2 Å². The summed E-state index contributed by atoms with van der Waals surface area (Å²) >= 11 is 0. The molecule has 3 aliphatic heterocycles. The first-order chi connectivity index (χ1) is 28.6. The minimum atomic E-state index is -1.26. The number of nitrogens with zero attached hydrogens (tertiary/aromatic N) is 5. The van der Waals surface area contributed by atoms with Crippen molar-refractivity contribution in [2.45, 2.75) is 63.5 Å². The highest BCUT2D eigenvalue weighted by Gasteiger charge is 2.65. The second-order valence-corrected chi connectivity index (χ2v) is 16.2. The molecule has 0 radical (unpaired) electrons. The van der Waals surface area contributed by atoms with Gasteiger partial charge in [0.05, 0.1) is 37.3 Å². The number of hydrogen-bond donors (Lipinski definition) is 1. The van der Waals surface area contributed by atoms with E-state index in [4.69, 9.17) is 14.2 Å². The molecule has 1 spiro atoms. The van der Waals surface area contributed by atoms with Crippen molar-refractivity contribution in [2.75, 3.05) is 23.5 Å². The summed E-state index contributed by atoms with van der Waals surface area (Å²) in [6.07, 6.45) is 1.07. The summed E-state index contributed by atoms with van der Waals surface area (Å²) in [6, 6.07) is 40.8. The van der Waals surface area contributed by atoms with Crippen LogP contribution in [0.1, 0.15) is 61.2 Å². The molecule has 2 amide bonds. The zero-order valence-corrected chi connectivity index (χ0v) is 33.6. The van der Waals surface area contributed by atoms with Crippen molar-refractivity contribution in [1.29, 1.82) is 0 Å². The van der Waals surface area contributed by atoms with E-state index in [9.17, 15) is 9.90 Å². The van der Waals surface area contributed by atoms with Gasteiger partial charge in [0.1, 0.15) is 23.3 Å². The van der Waals surface area contributed by atoms with E-state index < -0.39 is 17.1 Å². The van der Waals surface area contributed by atoms with Crippen LogP contribution in [-0.2, 0) is 38.4 Å². The molecule has 11 nitrogen and oxygen atoms in total. The molecule has 0 unspecified atom stereocenters. The smallest absolute Gasteiger partial charge is 0.269 e. The number of aliphatic hydroxyl groups excluding tert-OH is 1. The second kappa shape index (κ2) is 15.1. The summed E-state index contributed by atoms with van der Waals surface area (Å²) in [7, 11) is 1.66. The van der Waals surface area contributed by atoms with Crippen LogP contribution in [0.5, 0.6) is 11.5 Å². The third kappa shape index (κ3) is 6.54. The molecule has 11 heteroatoms.